The number of methoxy groups -OCH3 is 1. The number of amides is 1. The molecular weight excluding hydrogens is 328 g/mol. The molecule has 0 N–H and O–H groups in total. The highest BCUT2D eigenvalue weighted by molar-refractivity contribution is 5.75. The van der Waals surface area contributed by atoms with Crippen LogP contribution in [-0.2, 0) is 24.4 Å². The third kappa shape index (κ3) is 3.78. The van der Waals surface area contributed by atoms with Gasteiger partial charge in [0.25, 0.3) is 0 Å². The molecule has 0 aliphatic carbocycles. The summed E-state index contributed by atoms with van der Waals surface area (Å²) in [5, 5.41) is 19.3. The smallest absolute Gasteiger partial charge is 0.350 e. The molecule has 2 aromatic heterocycles. The van der Waals surface area contributed by atoms with E-state index in [9.17, 15) is 14.9 Å². The van der Waals surface area contributed by atoms with E-state index in [1.165, 1.54) is 18.0 Å². The zero-order chi connectivity index (χ0) is 18.7. The van der Waals surface area contributed by atoms with Gasteiger partial charge in [-0.1, -0.05) is 0 Å². The maximum absolute atomic E-state index is 12.4. The highest BCUT2D eigenvalue weighted by Crippen LogP contribution is 2.24. The van der Waals surface area contributed by atoms with Crippen LogP contribution in [0.25, 0.3) is 0 Å². The second-order valence-corrected chi connectivity index (χ2v) is 5.69. The first-order valence-corrected chi connectivity index (χ1v) is 7.81. The lowest BCUT2D eigenvalue weighted by Crippen LogP contribution is -2.30. The minimum atomic E-state index is -0.595. The minimum Gasteiger partial charge on any atom is -0.475 e. The van der Waals surface area contributed by atoms with Crippen LogP contribution in [0.5, 0.6) is 5.88 Å². The Morgan fingerprint density at radius 1 is 1.40 bits per heavy atom. The Hall–Kier alpha value is -2.91. The summed E-state index contributed by atoms with van der Waals surface area (Å²) in [6, 6.07) is 0. The van der Waals surface area contributed by atoms with E-state index in [2.05, 4.69) is 10.2 Å². The molecule has 0 aliphatic rings. The van der Waals surface area contributed by atoms with Gasteiger partial charge in [0.15, 0.2) is 0 Å². The van der Waals surface area contributed by atoms with Crippen LogP contribution in [0.2, 0.25) is 0 Å². The molecule has 0 saturated carbocycles. The van der Waals surface area contributed by atoms with Crippen LogP contribution in [0.15, 0.2) is 6.20 Å². The Balaban J connectivity index is 2.11. The molecule has 2 rings (SSSR count). The summed E-state index contributed by atoms with van der Waals surface area (Å²) >= 11 is 0. The lowest BCUT2D eigenvalue weighted by molar-refractivity contribution is -0.385. The maximum Gasteiger partial charge on any atom is 0.350 e. The van der Waals surface area contributed by atoms with E-state index >= 15 is 0 Å². The summed E-state index contributed by atoms with van der Waals surface area (Å²) in [5.41, 5.74) is 2.64. The number of carbonyl (C=O) groups is 1. The van der Waals surface area contributed by atoms with Crippen LogP contribution in [0.4, 0.5) is 5.69 Å². The van der Waals surface area contributed by atoms with Gasteiger partial charge in [-0.15, -0.1) is 5.10 Å². The van der Waals surface area contributed by atoms with Crippen molar-refractivity contribution in [2.45, 2.75) is 40.4 Å². The SMILES string of the molecule is CCn1nc(C)c(CN(C)C(=O)Cn2cc([N+](=O)[O-])c(OC)n2)c1C. The van der Waals surface area contributed by atoms with Crippen LogP contribution in [-0.4, -0.2) is 49.4 Å². The molecule has 0 aliphatic heterocycles. The van der Waals surface area contributed by atoms with Crippen molar-refractivity contribution in [2.75, 3.05) is 14.2 Å². The molecule has 136 valence electrons. The van der Waals surface area contributed by atoms with Crippen molar-refractivity contribution < 1.29 is 14.5 Å². The summed E-state index contributed by atoms with van der Waals surface area (Å²) in [6.45, 7) is 6.96. The zero-order valence-corrected chi connectivity index (χ0v) is 15.0. The molecule has 1 amide bonds. The topological polar surface area (TPSA) is 108 Å². The van der Waals surface area contributed by atoms with Crippen LogP contribution in [0.1, 0.15) is 23.9 Å². The van der Waals surface area contributed by atoms with E-state index in [0.717, 1.165) is 23.5 Å². The fourth-order valence-corrected chi connectivity index (χ4v) is 2.60. The summed E-state index contributed by atoms with van der Waals surface area (Å²) in [5.74, 6) is -0.334. The number of carbonyl (C=O) groups excluding carboxylic acids is 1. The fourth-order valence-electron chi connectivity index (χ4n) is 2.60. The van der Waals surface area contributed by atoms with Gasteiger partial charge in [0.1, 0.15) is 12.7 Å². The van der Waals surface area contributed by atoms with E-state index in [1.54, 1.807) is 11.9 Å². The van der Waals surface area contributed by atoms with Crippen molar-refractivity contribution >= 4 is 11.6 Å². The summed E-state index contributed by atoms with van der Waals surface area (Å²) in [4.78, 5) is 24.3. The monoisotopic (exact) mass is 350 g/mol. The number of rotatable bonds is 7. The third-order valence-corrected chi connectivity index (χ3v) is 4.05. The number of ether oxygens (including phenoxy) is 1. The van der Waals surface area contributed by atoms with E-state index < -0.39 is 4.92 Å². The lowest BCUT2D eigenvalue weighted by Gasteiger charge is -2.17. The predicted octanol–water partition coefficient (Wildman–Crippen LogP) is 1.29. The molecule has 0 aromatic carbocycles. The normalized spacial score (nSPS) is 10.8. The van der Waals surface area contributed by atoms with Crippen molar-refractivity contribution in [1.29, 1.82) is 0 Å². The highest BCUT2D eigenvalue weighted by atomic mass is 16.6. The van der Waals surface area contributed by atoms with Gasteiger partial charge >= 0.3 is 11.6 Å². The molecule has 0 radical (unpaired) electrons. The quantitative estimate of drug-likeness (QED) is 0.550. The van der Waals surface area contributed by atoms with Gasteiger partial charge < -0.3 is 9.64 Å². The Kier molecular flexibility index (Phi) is 5.40. The first-order chi connectivity index (χ1) is 11.8. The average Bonchev–Trinajstić information content (AvgIpc) is 3.10. The number of aromatic nitrogens is 4. The van der Waals surface area contributed by atoms with Gasteiger partial charge in [0.05, 0.1) is 17.7 Å². The second-order valence-electron chi connectivity index (χ2n) is 5.69. The van der Waals surface area contributed by atoms with Crippen LogP contribution in [0.3, 0.4) is 0 Å². The van der Waals surface area contributed by atoms with Crippen molar-refractivity contribution in [3.8, 4) is 5.88 Å². The van der Waals surface area contributed by atoms with Crippen molar-refractivity contribution in [1.82, 2.24) is 24.5 Å². The van der Waals surface area contributed by atoms with Gasteiger partial charge in [-0.2, -0.15) is 5.10 Å². The Bertz CT molecular complexity index is 794. The van der Waals surface area contributed by atoms with Crippen molar-refractivity contribution in [3.63, 3.8) is 0 Å². The Morgan fingerprint density at radius 3 is 2.56 bits per heavy atom. The maximum atomic E-state index is 12.4. The number of aryl methyl sites for hydroxylation is 2. The van der Waals surface area contributed by atoms with Gasteiger partial charge in [0, 0.05) is 31.4 Å². The van der Waals surface area contributed by atoms with Crippen molar-refractivity contribution in [2.24, 2.45) is 0 Å². The van der Waals surface area contributed by atoms with E-state index in [1.807, 2.05) is 25.5 Å². The molecule has 2 aromatic rings. The molecule has 0 fully saturated rings. The van der Waals surface area contributed by atoms with E-state index in [4.69, 9.17) is 4.74 Å². The third-order valence-electron chi connectivity index (χ3n) is 4.05. The first kappa shape index (κ1) is 18.4. The molecule has 2 heterocycles. The highest BCUT2D eigenvalue weighted by Gasteiger charge is 2.22. The Morgan fingerprint density at radius 2 is 2.08 bits per heavy atom. The molecule has 0 unspecified atom stereocenters. The summed E-state index contributed by atoms with van der Waals surface area (Å²) in [7, 11) is 2.98. The van der Waals surface area contributed by atoms with Crippen molar-refractivity contribution in [3.05, 3.63) is 33.3 Å². The number of hydrogen-bond donors (Lipinski definition) is 0. The number of likely N-dealkylation sites (N-methyl/N-ethyl adjacent to an activating group) is 1. The van der Waals surface area contributed by atoms with Crippen LogP contribution < -0.4 is 4.74 Å². The summed E-state index contributed by atoms with van der Waals surface area (Å²) < 4.78 is 7.97. The standard InChI is InChI=1S/C15H22N6O4/c1-6-20-11(3)12(10(2)16-20)7-18(4)14(22)9-19-8-13(21(23)24)15(17-19)25-5/h8H,6-7,9H2,1-5H3. The largest absolute Gasteiger partial charge is 0.475 e. The average molecular weight is 350 g/mol. The van der Waals surface area contributed by atoms with Gasteiger partial charge in [-0.05, 0) is 20.8 Å². The molecule has 10 nitrogen and oxygen atoms in total. The molecule has 0 atom stereocenters. The molecule has 10 heteroatoms. The second kappa shape index (κ2) is 7.32. The number of nitrogens with zero attached hydrogens (tertiary/aromatic N) is 6. The molecule has 0 spiro atoms. The van der Waals surface area contributed by atoms with Crippen LogP contribution in [0, 0.1) is 24.0 Å². The first-order valence-electron chi connectivity index (χ1n) is 7.81. The number of hydrogen-bond acceptors (Lipinski definition) is 6. The molecule has 0 bridgehead atoms. The summed E-state index contributed by atoms with van der Waals surface area (Å²) in [6.07, 6.45) is 1.19. The zero-order valence-electron chi connectivity index (χ0n) is 15.0. The van der Waals surface area contributed by atoms with Gasteiger partial charge in [-0.25, -0.2) is 0 Å². The van der Waals surface area contributed by atoms with Gasteiger partial charge in [0.2, 0.25) is 5.91 Å². The number of nitro groups is 1. The van der Waals surface area contributed by atoms with E-state index in [-0.39, 0.29) is 24.0 Å². The minimum absolute atomic E-state index is 0.110. The molecular formula is C15H22N6O4. The Labute approximate surface area is 145 Å². The fraction of sp³-hybridized carbons (Fsp3) is 0.533. The van der Waals surface area contributed by atoms with Crippen LogP contribution >= 0.6 is 0 Å². The lowest BCUT2D eigenvalue weighted by atomic mass is 10.2. The van der Waals surface area contributed by atoms with E-state index in [0.29, 0.717) is 6.54 Å². The van der Waals surface area contributed by atoms with Gasteiger partial charge in [-0.3, -0.25) is 24.3 Å². The molecule has 25 heavy (non-hydrogen) atoms. The predicted molar refractivity (Wildman–Crippen MR) is 89.3 cm³/mol. The molecule has 0 saturated heterocycles.